The third kappa shape index (κ3) is 4.15. The lowest BCUT2D eigenvalue weighted by Gasteiger charge is -2.22. The normalized spacial score (nSPS) is 13.3. The molecule has 17 heavy (non-hydrogen) atoms. The van der Waals surface area contributed by atoms with Crippen molar-refractivity contribution in [3.8, 4) is 0 Å². The third-order valence-electron chi connectivity index (χ3n) is 3.38. The number of hydrogen-bond acceptors (Lipinski definition) is 2. The molecule has 3 nitrogen and oxygen atoms in total. The highest BCUT2D eigenvalue weighted by Crippen LogP contribution is 2.21. The Morgan fingerprint density at radius 3 is 2.29 bits per heavy atom. The number of hydrogen-bond donors (Lipinski definition) is 1. The second kappa shape index (κ2) is 6.80. The summed E-state index contributed by atoms with van der Waals surface area (Å²) in [5.41, 5.74) is 2.16. The Kier molecular flexibility index (Phi) is 5.69. The first-order valence-electron chi connectivity index (χ1n) is 6.76. The quantitative estimate of drug-likeness (QED) is 0.793. The van der Waals surface area contributed by atoms with Crippen LogP contribution in [0.2, 0.25) is 0 Å². The van der Waals surface area contributed by atoms with Crippen LogP contribution in [0.3, 0.4) is 0 Å². The van der Waals surface area contributed by atoms with Crippen molar-refractivity contribution in [1.82, 2.24) is 9.78 Å². The van der Waals surface area contributed by atoms with Crippen LogP contribution >= 0.6 is 0 Å². The van der Waals surface area contributed by atoms with E-state index in [0.29, 0.717) is 5.92 Å². The molecular weight excluding hydrogens is 212 g/mol. The number of aromatic nitrogens is 2. The van der Waals surface area contributed by atoms with Gasteiger partial charge in [-0.2, -0.15) is 5.10 Å². The van der Waals surface area contributed by atoms with E-state index in [9.17, 15) is 5.11 Å². The Morgan fingerprint density at radius 1 is 1.29 bits per heavy atom. The lowest BCUT2D eigenvalue weighted by atomic mass is 9.90. The Morgan fingerprint density at radius 2 is 1.88 bits per heavy atom. The molecule has 0 aliphatic rings. The fourth-order valence-corrected chi connectivity index (χ4v) is 2.51. The second-order valence-corrected chi connectivity index (χ2v) is 5.01. The number of aliphatic hydroxyl groups is 1. The molecule has 0 saturated carbocycles. The number of aliphatic hydroxyl groups excluding tert-OH is 1. The van der Waals surface area contributed by atoms with E-state index >= 15 is 0 Å². The highest BCUT2D eigenvalue weighted by molar-refractivity contribution is 5.09. The number of rotatable bonds is 7. The van der Waals surface area contributed by atoms with Gasteiger partial charge < -0.3 is 5.11 Å². The summed E-state index contributed by atoms with van der Waals surface area (Å²) >= 11 is 0. The maximum atomic E-state index is 10.3. The van der Waals surface area contributed by atoms with Gasteiger partial charge in [0.15, 0.2) is 0 Å². The first-order valence-corrected chi connectivity index (χ1v) is 6.76. The standard InChI is InChI=1S/C14H26N2O/c1-5-7-12(8-6-2)14(17)10-13-9-11(3)15-16(13)4/h9,12,14,17H,5-8,10H2,1-4H3. The van der Waals surface area contributed by atoms with Gasteiger partial charge in [0, 0.05) is 19.2 Å². The zero-order chi connectivity index (χ0) is 12.8. The minimum atomic E-state index is -0.232. The number of aryl methyl sites for hydroxylation is 2. The van der Waals surface area contributed by atoms with E-state index < -0.39 is 0 Å². The summed E-state index contributed by atoms with van der Waals surface area (Å²) in [6.45, 7) is 6.36. The zero-order valence-corrected chi connectivity index (χ0v) is 11.6. The first-order chi connectivity index (χ1) is 8.08. The van der Waals surface area contributed by atoms with Gasteiger partial charge in [-0.05, 0) is 31.7 Å². The van der Waals surface area contributed by atoms with Gasteiger partial charge in [-0.15, -0.1) is 0 Å². The fraction of sp³-hybridized carbons (Fsp3) is 0.786. The van der Waals surface area contributed by atoms with Crippen molar-refractivity contribution in [3.63, 3.8) is 0 Å². The van der Waals surface area contributed by atoms with Gasteiger partial charge in [0.2, 0.25) is 0 Å². The van der Waals surface area contributed by atoms with Gasteiger partial charge in [-0.25, -0.2) is 0 Å². The molecule has 0 amide bonds. The molecule has 98 valence electrons. The van der Waals surface area contributed by atoms with Crippen molar-refractivity contribution in [2.75, 3.05) is 0 Å². The molecule has 1 aromatic heterocycles. The van der Waals surface area contributed by atoms with Crippen LogP contribution < -0.4 is 0 Å². The molecule has 1 unspecified atom stereocenters. The van der Waals surface area contributed by atoms with Crippen molar-refractivity contribution < 1.29 is 5.11 Å². The maximum absolute atomic E-state index is 10.3. The van der Waals surface area contributed by atoms with Crippen LogP contribution in [0, 0.1) is 12.8 Å². The molecule has 0 aliphatic carbocycles. The summed E-state index contributed by atoms with van der Waals surface area (Å²) in [7, 11) is 1.95. The fourth-order valence-electron chi connectivity index (χ4n) is 2.51. The van der Waals surface area contributed by atoms with Crippen LogP contribution in [-0.4, -0.2) is 21.0 Å². The molecule has 0 radical (unpaired) electrons. The van der Waals surface area contributed by atoms with Gasteiger partial charge in [0.05, 0.1) is 11.8 Å². The minimum Gasteiger partial charge on any atom is -0.392 e. The van der Waals surface area contributed by atoms with E-state index in [1.54, 1.807) is 0 Å². The van der Waals surface area contributed by atoms with Gasteiger partial charge in [0.25, 0.3) is 0 Å². The van der Waals surface area contributed by atoms with Crippen LogP contribution in [0.15, 0.2) is 6.07 Å². The maximum Gasteiger partial charge on any atom is 0.0623 e. The van der Waals surface area contributed by atoms with Gasteiger partial charge in [-0.3, -0.25) is 4.68 Å². The average Bonchev–Trinajstić information content (AvgIpc) is 2.57. The molecule has 0 bridgehead atoms. The summed E-state index contributed by atoms with van der Waals surface area (Å²) in [4.78, 5) is 0. The van der Waals surface area contributed by atoms with Crippen molar-refractivity contribution in [1.29, 1.82) is 0 Å². The molecule has 0 saturated heterocycles. The summed E-state index contributed by atoms with van der Waals surface area (Å²) < 4.78 is 1.88. The molecule has 1 N–H and O–H groups in total. The van der Waals surface area contributed by atoms with Crippen LogP contribution in [0.25, 0.3) is 0 Å². The summed E-state index contributed by atoms with van der Waals surface area (Å²) in [6.07, 6.45) is 5.02. The van der Waals surface area contributed by atoms with E-state index in [2.05, 4.69) is 25.0 Å². The molecule has 1 heterocycles. The van der Waals surface area contributed by atoms with Crippen LogP contribution in [0.4, 0.5) is 0 Å². The Hall–Kier alpha value is -0.830. The number of nitrogens with zero attached hydrogens (tertiary/aromatic N) is 2. The summed E-state index contributed by atoms with van der Waals surface area (Å²) in [5, 5.41) is 14.6. The predicted molar refractivity (Wildman–Crippen MR) is 71.0 cm³/mol. The lowest BCUT2D eigenvalue weighted by Crippen LogP contribution is -2.24. The molecule has 3 heteroatoms. The van der Waals surface area contributed by atoms with Crippen molar-refractivity contribution >= 4 is 0 Å². The monoisotopic (exact) mass is 238 g/mol. The lowest BCUT2D eigenvalue weighted by molar-refractivity contribution is 0.0945. The van der Waals surface area contributed by atoms with E-state index in [1.807, 2.05) is 18.7 Å². The molecule has 1 rings (SSSR count). The van der Waals surface area contributed by atoms with E-state index in [0.717, 1.165) is 43.5 Å². The molecule has 0 spiro atoms. The highest BCUT2D eigenvalue weighted by atomic mass is 16.3. The van der Waals surface area contributed by atoms with Crippen LogP contribution in [0.1, 0.15) is 50.9 Å². The van der Waals surface area contributed by atoms with Gasteiger partial charge >= 0.3 is 0 Å². The zero-order valence-electron chi connectivity index (χ0n) is 11.6. The topological polar surface area (TPSA) is 38.1 Å². The molecular formula is C14H26N2O. The van der Waals surface area contributed by atoms with Gasteiger partial charge in [-0.1, -0.05) is 26.7 Å². The Balaban J connectivity index is 2.62. The Bertz CT molecular complexity index is 327. The highest BCUT2D eigenvalue weighted by Gasteiger charge is 2.19. The largest absolute Gasteiger partial charge is 0.392 e. The summed E-state index contributed by atoms with van der Waals surface area (Å²) in [5.74, 6) is 0.431. The average molecular weight is 238 g/mol. The molecule has 0 aliphatic heterocycles. The van der Waals surface area contributed by atoms with E-state index in [1.165, 1.54) is 0 Å². The van der Waals surface area contributed by atoms with Crippen LogP contribution in [0.5, 0.6) is 0 Å². The smallest absolute Gasteiger partial charge is 0.0623 e. The van der Waals surface area contributed by atoms with Crippen molar-refractivity contribution in [2.24, 2.45) is 13.0 Å². The first kappa shape index (κ1) is 14.2. The van der Waals surface area contributed by atoms with Crippen LogP contribution in [-0.2, 0) is 13.5 Å². The SMILES string of the molecule is CCCC(CCC)C(O)Cc1cc(C)nn1C. The van der Waals surface area contributed by atoms with E-state index in [4.69, 9.17) is 0 Å². The minimum absolute atomic E-state index is 0.232. The predicted octanol–water partition coefficient (Wildman–Crippen LogP) is 2.85. The van der Waals surface area contributed by atoms with E-state index in [-0.39, 0.29) is 6.10 Å². The van der Waals surface area contributed by atoms with Crippen molar-refractivity contribution in [2.45, 2.75) is 59.0 Å². The molecule has 0 fully saturated rings. The molecule has 1 aromatic rings. The molecule has 0 aromatic carbocycles. The van der Waals surface area contributed by atoms with Crippen molar-refractivity contribution in [3.05, 3.63) is 17.5 Å². The summed E-state index contributed by atoms with van der Waals surface area (Å²) in [6, 6.07) is 2.07. The third-order valence-corrected chi connectivity index (χ3v) is 3.38. The second-order valence-electron chi connectivity index (χ2n) is 5.01. The molecule has 1 atom stereocenters. The Labute approximate surface area is 105 Å². The van der Waals surface area contributed by atoms with Gasteiger partial charge in [0.1, 0.15) is 0 Å².